The van der Waals surface area contributed by atoms with Crippen molar-refractivity contribution in [1.29, 1.82) is 0 Å². The molecule has 1 unspecified atom stereocenters. The van der Waals surface area contributed by atoms with Crippen LogP contribution in [0.5, 0.6) is 0 Å². The van der Waals surface area contributed by atoms with Gasteiger partial charge in [-0.15, -0.1) is 0 Å². The number of carbonyl (C=O) groups excluding carboxylic acids is 4. The number of hydrogen-bond donors (Lipinski definition) is 0. The second-order valence-electron chi connectivity index (χ2n) is 10.3. The molecule has 7 atom stereocenters. The Morgan fingerprint density at radius 1 is 0.941 bits per heavy atom. The Kier molecular flexibility index (Phi) is 5.86. The van der Waals surface area contributed by atoms with Crippen LogP contribution < -0.4 is 0 Å². The van der Waals surface area contributed by atoms with E-state index in [1.54, 1.807) is 4.90 Å². The van der Waals surface area contributed by atoms with Crippen molar-refractivity contribution in [3.63, 3.8) is 0 Å². The van der Waals surface area contributed by atoms with E-state index < -0.39 is 18.1 Å². The number of rotatable bonds is 4. The normalized spacial score (nSPS) is 34.4. The number of imide groups is 1. The van der Waals surface area contributed by atoms with E-state index in [4.69, 9.17) is 4.74 Å². The number of carbonyl (C=O) groups is 4. The quantitative estimate of drug-likeness (QED) is 0.636. The Bertz CT molecular complexity index is 989. The molecule has 1 aliphatic carbocycles. The van der Waals surface area contributed by atoms with Crippen molar-refractivity contribution in [3.8, 4) is 0 Å². The highest BCUT2D eigenvalue weighted by Crippen LogP contribution is 2.49. The van der Waals surface area contributed by atoms with E-state index in [1.807, 2.05) is 51.1 Å². The van der Waals surface area contributed by atoms with E-state index in [9.17, 15) is 19.2 Å². The van der Waals surface area contributed by atoms with Gasteiger partial charge in [-0.25, -0.2) is 4.79 Å². The number of amides is 4. The zero-order valence-corrected chi connectivity index (χ0v) is 20.1. The molecule has 1 saturated carbocycles. The maximum Gasteiger partial charge on any atom is 0.410 e. The predicted molar refractivity (Wildman–Crippen MR) is 123 cm³/mol. The molecule has 0 radical (unpaired) electrons. The fraction of sp³-hybridized carbons (Fsp3) is 0.615. The van der Waals surface area contributed by atoms with E-state index in [1.165, 1.54) is 9.80 Å². The molecule has 34 heavy (non-hydrogen) atoms. The molecule has 182 valence electrons. The minimum absolute atomic E-state index is 0.0781. The number of ether oxygens (including phenoxy) is 1. The molecule has 0 aromatic heterocycles. The highest BCUT2D eigenvalue weighted by atomic mass is 16.6. The summed E-state index contributed by atoms with van der Waals surface area (Å²) < 4.78 is 5.49. The van der Waals surface area contributed by atoms with E-state index in [0.717, 1.165) is 12.0 Å². The summed E-state index contributed by atoms with van der Waals surface area (Å²) in [6, 6.07) is 8.28. The molecule has 8 heteroatoms. The number of hydrogen-bond acceptors (Lipinski definition) is 5. The molecule has 0 N–H and O–H groups in total. The zero-order chi connectivity index (χ0) is 24.1. The van der Waals surface area contributed by atoms with Crippen molar-refractivity contribution in [2.24, 2.45) is 23.7 Å². The summed E-state index contributed by atoms with van der Waals surface area (Å²) in [6.45, 7) is 7.04. The molecule has 4 fully saturated rings. The van der Waals surface area contributed by atoms with Crippen LogP contribution in [0.4, 0.5) is 4.79 Å². The molecule has 3 aliphatic heterocycles. The number of fused-ring (bicyclic) bond motifs is 1. The smallest absolute Gasteiger partial charge is 0.410 e. The minimum Gasteiger partial charge on any atom is -0.445 e. The second kappa shape index (κ2) is 8.71. The number of benzene rings is 1. The van der Waals surface area contributed by atoms with Crippen LogP contribution in [0.25, 0.3) is 0 Å². The summed E-state index contributed by atoms with van der Waals surface area (Å²) >= 11 is 0. The van der Waals surface area contributed by atoms with Gasteiger partial charge in [0.1, 0.15) is 12.6 Å². The Hall–Kier alpha value is -2.90. The zero-order valence-electron chi connectivity index (χ0n) is 20.1. The molecule has 1 aromatic rings. The minimum atomic E-state index is -0.586. The van der Waals surface area contributed by atoms with E-state index >= 15 is 0 Å². The van der Waals surface area contributed by atoms with Crippen molar-refractivity contribution in [3.05, 3.63) is 35.9 Å². The van der Waals surface area contributed by atoms with Crippen LogP contribution in [0.15, 0.2) is 30.3 Å². The van der Waals surface area contributed by atoms with Crippen molar-refractivity contribution in [2.75, 3.05) is 13.1 Å². The van der Waals surface area contributed by atoms with Crippen LogP contribution >= 0.6 is 0 Å². The van der Waals surface area contributed by atoms with Crippen LogP contribution in [0.2, 0.25) is 0 Å². The van der Waals surface area contributed by atoms with Crippen LogP contribution in [0, 0.1) is 23.7 Å². The standard InChI is InChI=1S/C26H33N3O5/c1-15-16(2)21(15)25(32)29-19-11-13-28(22(19)17(3)23(29)30)24(31)20-10-7-12-27(20)26(33)34-14-18-8-5-4-6-9-18/h4-6,8-9,15-17,19-22H,7,10-14H2,1-3H3/t15-,16+,17-,19-,20-,21?,22+/m0/s1. The lowest BCUT2D eigenvalue weighted by atomic mass is 10.0. The summed E-state index contributed by atoms with van der Waals surface area (Å²) in [5, 5.41) is 0. The molecule has 8 nitrogen and oxygen atoms in total. The van der Waals surface area contributed by atoms with Gasteiger partial charge in [-0.05, 0) is 36.7 Å². The Morgan fingerprint density at radius 3 is 2.32 bits per heavy atom. The van der Waals surface area contributed by atoms with Crippen LogP contribution in [0.1, 0.15) is 45.6 Å². The average molecular weight is 468 g/mol. The van der Waals surface area contributed by atoms with E-state index in [2.05, 4.69) is 0 Å². The van der Waals surface area contributed by atoms with Gasteiger partial charge >= 0.3 is 6.09 Å². The van der Waals surface area contributed by atoms with Gasteiger partial charge < -0.3 is 9.64 Å². The summed E-state index contributed by atoms with van der Waals surface area (Å²) in [5.41, 5.74) is 0.891. The first-order valence-corrected chi connectivity index (χ1v) is 12.5. The molecule has 4 amide bonds. The third kappa shape index (κ3) is 3.67. The van der Waals surface area contributed by atoms with Gasteiger partial charge in [-0.1, -0.05) is 51.1 Å². The first-order chi connectivity index (χ1) is 16.3. The number of nitrogens with zero attached hydrogens (tertiary/aromatic N) is 3. The van der Waals surface area contributed by atoms with Gasteiger partial charge in [0.2, 0.25) is 17.7 Å². The first-order valence-electron chi connectivity index (χ1n) is 12.5. The molecule has 5 rings (SSSR count). The predicted octanol–water partition coefficient (Wildman–Crippen LogP) is 2.66. The average Bonchev–Trinajstić information content (AvgIpc) is 3.27. The maximum absolute atomic E-state index is 13.6. The fourth-order valence-corrected chi connectivity index (χ4v) is 6.25. The van der Waals surface area contributed by atoms with Crippen molar-refractivity contribution >= 4 is 23.8 Å². The van der Waals surface area contributed by atoms with Crippen molar-refractivity contribution < 1.29 is 23.9 Å². The van der Waals surface area contributed by atoms with Crippen LogP contribution in [0.3, 0.4) is 0 Å². The lowest BCUT2D eigenvalue weighted by Gasteiger charge is -2.31. The third-order valence-corrected chi connectivity index (χ3v) is 8.50. The monoisotopic (exact) mass is 467 g/mol. The molecular formula is C26H33N3O5. The van der Waals surface area contributed by atoms with E-state index in [0.29, 0.717) is 37.8 Å². The van der Waals surface area contributed by atoms with Crippen molar-refractivity contribution in [2.45, 2.75) is 64.8 Å². The molecule has 3 heterocycles. The SMILES string of the molecule is C[C@@H]1C(=O)N(C(=O)C2[C@@H](C)[C@H]2C)[C@H]2CCN(C(=O)[C@@H]3CCCN3C(=O)OCc3ccccc3)[C@H]12. The Morgan fingerprint density at radius 2 is 1.65 bits per heavy atom. The van der Waals surface area contributed by atoms with Gasteiger partial charge in [-0.3, -0.25) is 24.2 Å². The Balaban J connectivity index is 1.27. The lowest BCUT2D eigenvalue weighted by Crippen LogP contribution is -2.51. The first kappa shape index (κ1) is 22.9. The summed E-state index contributed by atoms with van der Waals surface area (Å²) in [5.74, 6) is -0.316. The molecular weight excluding hydrogens is 434 g/mol. The summed E-state index contributed by atoms with van der Waals surface area (Å²) in [6.07, 6.45) is 1.42. The van der Waals surface area contributed by atoms with Gasteiger partial charge in [-0.2, -0.15) is 0 Å². The van der Waals surface area contributed by atoms with Crippen LogP contribution in [-0.2, 0) is 25.7 Å². The molecule has 4 aliphatic rings. The summed E-state index contributed by atoms with van der Waals surface area (Å²) in [4.78, 5) is 57.4. The van der Waals surface area contributed by atoms with Crippen molar-refractivity contribution in [1.82, 2.24) is 14.7 Å². The number of likely N-dealkylation sites (tertiary alicyclic amines) is 3. The lowest BCUT2D eigenvalue weighted by molar-refractivity contribution is -0.146. The highest BCUT2D eigenvalue weighted by molar-refractivity contribution is 6.02. The van der Waals surface area contributed by atoms with Gasteiger partial charge in [0.25, 0.3) is 0 Å². The third-order valence-electron chi connectivity index (χ3n) is 8.50. The highest BCUT2D eigenvalue weighted by Gasteiger charge is 2.60. The fourth-order valence-electron chi connectivity index (χ4n) is 6.25. The molecule has 3 saturated heterocycles. The van der Waals surface area contributed by atoms with Gasteiger partial charge in [0, 0.05) is 19.0 Å². The van der Waals surface area contributed by atoms with Crippen LogP contribution in [-0.4, -0.2) is 69.7 Å². The second-order valence-corrected chi connectivity index (χ2v) is 10.3. The molecule has 1 aromatic carbocycles. The summed E-state index contributed by atoms with van der Waals surface area (Å²) in [7, 11) is 0. The topological polar surface area (TPSA) is 87.2 Å². The largest absolute Gasteiger partial charge is 0.445 e. The Labute approximate surface area is 200 Å². The molecule has 0 bridgehead atoms. The van der Waals surface area contributed by atoms with Gasteiger partial charge in [0.05, 0.1) is 18.0 Å². The molecule has 0 spiro atoms. The van der Waals surface area contributed by atoms with E-state index in [-0.39, 0.29) is 42.3 Å². The maximum atomic E-state index is 13.6. The van der Waals surface area contributed by atoms with Gasteiger partial charge in [0.15, 0.2) is 0 Å².